The molecule has 31 atom stereocenters. The number of phenols is 1. The lowest BCUT2D eigenvalue weighted by atomic mass is 9.81. The van der Waals surface area contributed by atoms with Gasteiger partial charge in [0.25, 0.3) is 5.97 Å². The van der Waals surface area contributed by atoms with Gasteiger partial charge in [-0.3, -0.25) is 9.59 Å². The Balaban J connectivity index is 0.723. The second-order valence-corrected chi connectivity index (χ2v) is 26.5. The third kappa shape index (κ3) is 13.2. The lowest BCUT2D eigenvalue weighted by Crippen LogP contribution is -2.72. The zero-order valence-corrected chi connectivity index (χ0v) is 55.4. The number of carbonyl (C=O) groups is 3. The number of benzene rings is 1. The maximum absolute atomic E-state index is 13.5. The summed E-state index contributed by atoms with van der Waals surface area (Å²) in [6, 6.07) is 1.29. The number of ketones is 1. The monoisotopic (exact) mass is 1370 g/mol. The minimum atomic E-state index is -2.12. The molecule has 1 aromatic rings. The molecular formula is C61H89ClO32. The molecule has 0 bridgehead atoms. The largest absolute Gasteiger partial charge is 0.506 e. The number of esters is 2. The Morgan fingerprint density at radius 1 is 0.681 bits per heavy atom. The summed E-state index contributed by atoms with van der Waals surface area (Å²) in [7, 11) is 5.40. The van der Waals surface area contributed by atoms with Gasteiger partial charge in [-0.2, -0.15) is 0 Å². The van der Waals surface area contributed by atoms with E-state index in [1.165, 1.54) is 48.4 Å². The number of rotatable bonds is 18. The number of aromatic hydroxyl groups is 1. The molecule has 0 saturated carbocycles. The molecular weight excluding hydrogens is 1280 g/mol. The van der Waals surface area contributed by atoms with Crippen LogP contribution in [0.1, 0.15) is 97.5 Å². The van der Waals surface area contributed by atoms with E-state index in [4.69, 9.17) is 121 Å². The van der Waals surface area contributed by atoms with Crippen molar-refractivity contribution in [2.45, 2.75) is 277 Å². The average molecular weight is 1370 g/mol. The molecule has 6 N–H and O–H groups in total. The molecule has 2 unspecified atom stereocenters. The van der Waals surface area contributed by atoms with Crippen LogP contribution in [-0.4, -0.2) is 286 Å². The van der Waals surface area contributed by atoms with Gasteiger partial charge in [-0.15, -0.1) is 0 Å². The van der Waals surface area contributed by atoms with Gasteiger partial charge in [-0.05, 0) is 67.0 Å². The summed E-state index contributed by atoms with van der Waals surface area (Å²) >= 11 is 6.21. The highest BCUT2D eigenvalue weighted by molar-refractivity contribution is 6.34. The number of hydrogen-bond donors (Lipinski definition) is 6. The van der Waals surface area contributed by atoms with Gasteiger partial charge in [0.2, 0.25) is 6.29 Å². The fourth-order valence-electron chi connectivity index (χ4n) is 14.5. The van der Waals surface area contributed by atoms with Crippen LogP contribution in [0, 0.1) is 12.8 Å². The van der Waals surface area contributed by atoms with Crippen molar-refractivity contribution < 1.29 is 154 Å². The highest BCUT2D eigenvalue weighted by Crippen LogP contribution is 2.53. The molecule has 10 aliphatic heterocycles. The molecule has 1 aromatic carbocycles. The van der Waals surface area contributed by atoms with Crippen LogP contribution in [0.25, 0.3) is 0 Å². The van der Waals surface area contributed by atoms with Crippen molar-refractivity contribution in [3.63, 3.8) is 0 Å². The van der Waals surface area contributed by atoms with Crippen LogP contribution < -0.4 is 4.74 Å². The molecule has 10 saturated heterocycles. The van der Waals surface area contributed by atoms with E-state index in [9.17, 15) is 45.0 Å². The lowest BCUT2D eigenvalue weighted by Gasteiger charge is -2.49. The molecule has 0 radical (unpaired) electrons. The van der Waals surface area contributed by atoms with E-state index in [0.29, 0.717) is 5.56 Å². The number of phenolic OH excluding ortho intramolecular Hbond substituents is 1. The highest BCUT2D eigenvalue weighted by atomic mass is 35.5. The van der Waals surface area contributed by atoms with Crippen molar-refractivity contribution in [1.29, 1.82) is 0 Å². The Labute approximate surface area is 547 Å². The van der Waals surface area contributed by atoms with E-state index in [2.05, 4.69) is 0 Å². The van der Waals surface area contributed by atoms with Gasteiger partial charge in [-0.1, -0.05) is 25.4 Å². The first-order valence-corrected chi connectivity index (χ1v) is 32.0. The van der Waals surface area contributed by atoms with Crippen LogP contribution in [-0.2, 0) is 114 Å². The quantitative estimate of drug-likeness (QED) is 0.108. The van der Waals surface area contributed by atoms with Gasteiger partial charge >= 0.3 is 17.9 Å². The second kappa shape index (κ2) is 28.0. The minimum Gasteiger partial charge on any atom is -0.506 e. The number of ether oxygens (including phenoxy) is 23. The number of carbonyl (C=O) groups excluding carboxylic acids is 3. The summed E-state index contributed by atoms with van der Waals surface area (Å²) in [5, 5.41) is 69.2. The van der Waals surface area contributed by atoms with Crippen molar-refractivity contribution >= 4 is 29.3 Å². The van der Waals surface area contributed by atoms with Crippen molar-refractivity contribution in [2.24, 2.45) is 5.92 Å². The summed E-state index contributed by atoms with van der Waals surface area (Å²) in [5.74, 6) is -7.05. The number of methoxy groups -OCH3 is 4. The van der Waals surface area contributed by atoms with E-state index >= 15 is 0 Å². The predicted molar refractivity (Wildman–Crippen MR) is 308 cm³/mol. The van der Waals surface area contributed by atoms with E-state index in [1.54, 1.807) is 55.4 Å². The van der Waals surface area contributed by atoms with Gasteiger partial charge < -0.3 is 140 Å². The summed E-state index contributed by atoms with van der Waals surface area (Å²) in [6.45, 7) is 15.2. The Bertz CT molecular complexity index is 2830. The topological polar surface area (TPSA) is 385 Å². The third-order valence-electron chi connectivity index (χ3n) is 19.2. The minimum absolute atomic E-state index is 0.00989. The molecule has 33 heteroatoms. The fraction of sp³-hybridized carbons (Fsp3) is 0.852. The summed E-state index contributed by atoms with van der Waals surface area (Å²) in [6.07, 6.45) is -32.5. The zero-order valence-electron chi connectivity index (χ0n) is 54.7. The Morgan fingerprint density at radius 3 is 2.03 bits per heavy atom. The number of hydrogen-bond acceptors (Lipinski definition) is 32. The standard InChI is InChI=1S/C61H89ClO32/c1-22(2)53(69)86-49-45-34(91-61(92-45)52-51(77-21-78-52)60(71,28(8)63)29(9)90-61)20-76-56(49)88-57-48(75-14)39(67)44(33(82-57)19-72-11)87-55-40(68)47(43(73-12)25(5)81-55)84-36-18-58(10)50(27(7)80-36)93-59(94-58)17-32(66)42(26(6)89-59)83-35-16-31(65)41(24(4)79-35)85-54(70)37-23(3)15-30(64)38(62)46(37)74-13/h15,22,24-27,29,31-36,39-45,47-52,55-57,64-68,71H,16-21H2,1-14H3/t24-,25-,26-,27-,29-,31-,32-,33-,34+,35+,36+,39+,40-,41-,42-,43+,44-,45-,47-,48+,49-,50-,51-,52-,55+,56+,57+,58?,59?,60+,61-/m1/s1. The first-order chi connectivity index (χ1) is 44.4. The third-order valence-corrected chi connectivity index (χ3v) is 19.6. The highest BCUT2D eigenvalue weighted by Gasteiger charge is 2.73. The Kier molecular flexibility index (Phi) is 21.5. The number of halogens is 1. The van der Waals surface area contributed by atoms with Crippen LogP contribution in [0.2, 0.25) is 5.02 Å². The summed E-state index contributed by atoms with van der Waals surface area (Å²) in [4.78, 5) is 39.7. The van der Waals surface area contributed by atoms with E-state index in [-0.39, 0.29) is 61.4 Å². The van der Waals surface area contributed by atoms with Gasteiger partial charge in [0.15, 0.2) is 60.6 Å². The number of aliphatic hydroxyl groups excluding tert-OH is 4. The molecule has 0 aromatic heterocycles. The fourth-order valence-corrected chi connectivity index (χ4v) is 14.8. The number of aryl methyl sites for hydroxylation is 1. The maximum Gasteiger partial charge on any atom is 0.342 e. The molecule has 2 spiro atoms. The molecule has 10 fully saturated rings. The smallest absolute Gasteiger partial charge is 0.342 e. The molecule has 0 aliphatic carbocycles. The van der Waals surface area contributed by atoms with E-state index < -0.39 is 213 Å². The predicted octanol–water partition coefficient (Wildman–Crippen LogP) is 0.399. The number of fused-ring (bicyclic) bond motifs is 4. The Morgan fingerprint density at radius 2 is 1.37 bits per heavy atom. The van der Waals surface area contributed by atoms with Gasteiger partial charge in [-0.25, -0.2) is 4.79 Å². The van der Waals surface area contributed by atoms with Crippen LogP contribution in [0.3, 0.4) is 0 Å². The molecule has 10 aliphatic rings. The molecule has 32 nitrogen and oxygen atoms in total. The number of aliphatic hydroxyl groups is 5. The molecule has 94 heavy (non-hydrogen) atoms. The van der Waals surface area contributed by atoms with E-state index in [0.717, 1.165) is 0 Å². The lowest BCUT2D eigenvalue weighted by molar-refractivity contribution is -0.428. The first kappa shape index (κ1) is 72.0. The van der Waals surface area contributed by atoms with E-state index in [1.807, 2.05) is 0 Å². The summed E-state index contributed by atoms with van der Waals surface area (Å²) in [5.41, 5.74) is -3.03. The van der Waals surface area contributed by atoms with Crippen molar-refractivity contribution in [2.75, 3.05) is 48.4 Å². The first-order valence-electron chi connectivity index (χ1n) is 31.6. The van der Waals surface area contributed by atoms with Crippen molar-refractivity contribution in [3.8, 4) is 11.5 Å². The zero-order chi connectivity index (χ0) is 68.0. The van der Waals surface area contributed by atoms with Crippen LogP contribution in [0.4, 0.5) is 0 Å². The molecule has 0 amide bonds. The maximum atomic E-state index is 13.5. The SMILES string of the molecule is COC[C@H]1O[C@@H](O[C@@H]2OC[C@@H]3O[C@]4(O[C@H]3[C@H]2OC(=O)C(C)C)O[C@H](C)[C@@](O)(C(C)=O)[C@@H]2OCO[C@H]24)[C@@H](OC)[C@@H](O)[C@@H]1O[C@@H]1O[C@H](C)[C@H](OC)[C@H](O[C@H]2CC3(C)OC4(C[C@@H](O)[C@H](O[C@H]5C[C@@H](O)[C@H](OC(=O)c6c(C)cc(O)c(Cl)c6OC)[C@@H](C)O5)[C@@H](C)O4)O[C@@H]3[C@@H](C)O2)[C@H]1O. The van der Waals surface area contributed by atoms with Crippen LogP contribution in [0.5, 0.6) is 11.5 Å². The normalized spacial score (nSPS) is 47.7. The van der Waals surface area contributed by atoms with Gasteiger partial charge in [0.05, 0.1) is 75.4 Å². The van der Waals surface area contributed by atoms with Crippen LogP contribution >= 0.6 is 11.6 Å². The van der Waals surface area contributed by atoms with Gasteiger partial charge in [0.1, 0.15) is 102 Å². The second-order valence-electron chi connectivity index (χ2n) is 26.1. The van der Waals surface area contributed by atoms with Gasteiger partial charge in [0, 0.05) is 34.2 Å². The molecule has 11 rings (SSSR count). The molecule has 532 valence electrons. The number of Topliss-reactive ketones (excluding diaryl/α,β-unsaturated/α-hetero) is 1. The van der Waals surface area contributed by atoms with Crippen molar-refractivity contribution in [1.82, 2.24) is 0 Å². The molecule has 10 heterocycles. The van der Waals surface area contributed by atoms with Crippen molar-refractivity contribution in [3.05, 3.63) is 22.2 Å². The average Bonchev–Trinajstić information content (AvgIpc) is 1.52. The van der Waals surface area contributed by atoms with Crippen LogP contribution in [0.15, 0.2) is 6.07 Å². The summed E-state index contributed by atoms with van der Waals surface area (Å²) < 4.78 is 142. The Hall–Kier alpha value is -3.28.